The number of nitrogens with zero attached hydrogens (tertiary/aromatic N) is 1. The Hall–Kier alpha value is -3.82. The maximum Gasteiger partial charge on any atom is 0.266 e. The van der Waals surface area contributed by atoms with Gasteiger partial charge in [0.05, 0.1) is 11.0 Å². The van der Waals surface area contributed by atoms with E-state index in [1.807, 2.05) is 25.1 Å². The molecule has 0 bridgehead atoms. The molecule has 1 amide bonds. The number of aromatic carboxylic acids is 1. The zero-order valence-corrected chi connectivity index (χ0v) is 16.0. The van der Waals surface area contributed by atoms with E-state index in [0.717, 1.165) is 5.56 Å². The number of hydrogen-bond donors (Lipinski definition) is 1. The average Bonchev–Trinajstić information content (AvgIpc) is 3.16. The first-order valence-electron chi connectivity index (χ1n) is 8.49. The summed E-state index contributed by atoms with van der Waals surface area (Å²) in [6.45, 7) is 1.85. The number of carboxylic acids is 1. The van der Waals surface area contributed by atoms with Crippen molar-refractivity contribution in [2.24, 2.45) is 0 Å². The Kier molecular flexibility index (Phi) is 5.82. The standard InChI is InChI=1S/C22H15ClN2O4/c1-13-4-2-3-5-19(13)25-21(26)15(12-24)10-16-7-9-20(29-16)14-6-8-17(22(27)28)18(23)11-14/h2-11H,1H3,(H,25,26)(H,27,28)/p-1/b15-10+. The summed E-state index contributed by atoms with van der Waals surface area (Å²) in [4.78, 5) is 23.3. The molecule has 144 valence electrons. The number of anilines is 1. The van der Waals surface area contributed by atoms with Crippen LogP contribution >= 0.6 is 11.6 Å². The highest BCUT2D eigenvalue weighted by atomic mass is 35.5. The fourth-order valence-corrected chi connectivity index (χ4v) is 2.87. The highest BCUT2D eigenvalue weighted by Crippen LogP contribution is 2.28. The number of para-hydroxylation sites is 1. The molecule has 7 heteroatoms. The van der Waals surface area contributed by atoms with Crippen LogP contribution in [0, 0.1) is 18.3 Å². The Morgan fingerprint density at radius 3 is 2.59 bits per heavy atom. The van der Waals surface area contributed by atoms with E-state index in [4.69, 9.17) is 16.0 Å². The van der Waals surface area contributed by atoms with Gasteiger partial charge in [0.1, 0.15) is 23.2 Å². The molecule has 0 radical (unpaired) electrons. The fraction of sp³-hybridized carbons (Fsp3) is 0.0455. The number of carbonyl (C=O) groups excluding carboxylic acids is 2. The molecule has 0 aliphatic heterocycles. The molecule has 0 atom stereocenters. The van der Waals surface area contributed by atoms with Gasteiger partial charge in [-0.3, -0.25) is 4.79 Å². The molecule has 3 rings (SSSR count). The van der Waals surface area contributed by atoms with Crippen LogP contribution in [-0.4, -0.2) is 11.9 Å². The molecule has 0 unspecified atom stereocenters. The third-order valence-electron chi connectivity index (χ3n) is 4.15. The molecule has 1 aromatic heterocycles. The summed E-state index contributed by atoms with van der Waals surface area (Å²) in [6.07, 6.45) is 1.33. The summed E-state index contributed by atoms with van der Waals surface area (Å²) in [5, 5.41) is 23.0. The van der Waals surface area contributed by atoms with Gasteiger partial charge >= 0.3 is 0 Å². The highest BCUT2D eigenvalue weighted by Gasteiger charge is 2.13. The second-order valence-electron chi connectivity index (χ2n) is 6.12. The molecule has 1 heterocycles. The largest absolute Gasteiger partial charge is 0.545 e. The van der Waals surface area contributed by atoms with E-state index in [-0.39, 0.29) is 21.9 Å². The third-order valence-corrected chi connectivity index (χ3v) is 4.46. The van der Waals surface area contributed by atoms with Gasteiger partial charge in [-0.1, -0.05) is 41.9 Å². The maximum atomic E-state index is 12.4. The van der Waals surface area contributed by atoms with Gasteiger partial charge in [0.2, 0.25) is 0 Å². The normalized spacial score (nSPS) is 11.0. The number of carboxylic acid groups (broad SMARTS) is 1. The lowest BCUT2D eigenvalue weighted by atomic mass is 10.1. The van der Waals surface area contributed by atoms with Gasteiger partial charge < -0.3 is 19.6 Å². The molecule has 0 saturated heterocycles. The number of hydrogen-bond acceptors (Lipinski definition) is 5. The molecule has 3 aromatic rings. The van der Waals surface area contributed by atoms with Gasteiger partial charge in [0.15, 0.2) is 0 Å². The zero-order chi connectivity index (χ0) is 21.0. The lowest BCUT2D eigenvalue weighted by Crippen LogP contribution is -2.22. The van der Waals surface area contributed by atoms with Crippen LogP contribution in [0.25, 0.3) is 17.4 Å². The number of halogens is 1. The molecular weight excluding hydrogens is 392 g/mol. The number of carbonyl (C=O) groups is 2. The number of furan rings is 1. The van der Waals surface area contributed by atoms with Crippen LogP contribution in [0.5, 0.6) is 0 Å². The van der Waals surface area contributed by atoms with Crippen molar-refractivity contribution < 1.29 is 19.1 Å². The van der Waals surface area contributed by atoms with Crippen LogP contribution in [-0.2, 0) is 4.79 Å². The van der Waals surface area contributed by atoms with Crippen molar-refractivity contribution in [3.05, 3.63) is 82.1 Å². The summed E-state index contributed by atoms with van der Waals surface area (Å²) in [5.41, 5.74) is 1.78. The smallest absolute Gasteiger partial charge is 0.266 e. The van der Waals surface area contributed by atoms with Crippen molar-refractivity contribution >= 4 is 35.2 Å². The third kappa shape index (κ3) is 4.54. The van der Waals surface area contributed by atoms with Gasteiger partial charge in [-0.25, -0.2) is 0 Å². The summed E-state index contributed by atoms with van der Waals surface area (Å²) in [7, 11) is 0. The number of aryl methyl sites for hydroxylation is 1. The first-order chi connectivity index (χ1) is 13.9. The van der Waals surface area contributed by atoms with E-state index in [0.29, 0.717) is 17.0 Å². The van der Waals surface area contributed by atoms with Crippen molar-refractivity contribution in [3.8, 4) is 17.4 Å². The number of amides is 1. The number of nitrogens with one attached hydrogen (secondary N) is 1. The zero-order valence-electron chi connectivity index (χ0n) is 15.2. The van der Waals surface area contributed by atoms with E-state index >= 15 is 0 Å². The topological polar surface area (TPSA) is 106 Å². The average molecular weight is 406 g/mol. The Labute approximate surface area is 171 Å². The van der Waals surface area contributed by atoms with Gasteiger partial charge in [0.25, 0.3) is 5.91 Å². The monoisotopic (exact) mass is 405 g/mol. The molecule has 1 N–H and O–H groups in total. The molecule has 0 spiro atoms. The molecule has 0 fully saturated rings. The Morgan fingerprint density at radius 2 is 1.93 bits per heavy atom. The van der Waals surface area contributed by atoms with Crippen molar-refractivity contribution in [1.82, 2.24) is 0 Å². The van der Waals surface area contributed by atoms with E-state index in [1.165, 1.54) is 24.3 Å². The van der Waals surface area contributed by atoms with Crippen LogP contribution in [0.3, 0.4) is 0 Å². The van der Waals surface area contributed by atoms with E-state index < -0.39 is 11.9 Å². The lowest BCUT2D eigenvalue weighted by molar-refractivity contribution is -0.255. The van der Waals surface area contributed by atoms with Gasteiger partial charge in [-0.15, -0.1) is 0 Å². The second kappa shape index (κ2) is 8.46. The first-order valence-corrected chi connectivity index (χ1v) is 8.86. The molecular formula is C22H14ClN2O4-. The van der Waals surface area contributed by atoms with Crippen molar-refractivity contribution in [1.29, 1.82) is 5.26 Å². The van der Waals surface area contributed by atoms with Gasteiger partial charge in [0, 0.05) is 22.9 Å². The number of benzene rings is 2. The van der Waals surface area contributed by atoms with Crippen LogP contribution in [0.4, 0.5) is 5.69 Å². The van der Waals surface area contributed by atoms with E-state index in [2.05, 4.69) is 5.32 Å². The maximum absolute atomic E-state index is 12.4. The van der Waals surface area contributed by atoms with Crippen molar-refractivity contribution in [3.63, 3.8) is 0 Å². The van der Waals surface area contributed by atoms with Crippen LogP contribution in [0.2, 0.25) is 5.02 Å². The summed E-state index contributed by atoms with van der Waals surface area (Å²) >= 11 is 5.95. The van der Waals surface area contributed by atoms with Crippen LogP contribution < -0.4 is 10.4 Å². The van der Waals surface area contributed by atoms with Crippen molar-refractivity contribution in [2.45, 2.75) is 6.92 Å². The lowest BCUT2D eigenvalue weighted by Gasteiger charge is -2.07. The minimum absolute atomic E-state index is 0.0197. The van der Waals surface area contributed by atoms with E-state index in [1.54, 1.807) is 24.3 Å². The van der Waals surface area contributed by atoms with Crippen LogP contribution in [0.1, 0.15) is 21.7 Å². The summed E-state index contributed by atoms with van der Waals surface area (Å²) < 4.78 is 5.65. The number of rotatable bonds is 5. The second-order valence-corrected chi connectivity index (χ2v) is 6.53. The Bertz CT molecular complexity index is 1170. The van der Waals surface area contributed by atoms with Gasteiger partial charge in [-0.2, -0.15) is 5.26 Å². The van der Waals surface area contributed by atoms with Crippen molar-refractivity contribution in [2.75, 3.05) is 5.32 Å². The van der Waals surface area contributed by atoms with Crippen LogP contribution in [0.15, 0.2) is 64.6 Å². The summed E-state index contributed by atoms with van der Waals surface area (Å²) in [6, 6.07) is 16.6. The molecule has 6 nitrogen and oxygen atoms in total. The molecule has 0 aliphatic carbocycles. The Balaban J connectivity index is 1.83. The highest BCUT2D eigenvalue weighted by molar-refractivity contribution is 6.33. The Morgan fingerprint density at radius 1 is 1.17 bits per heavy atom. The first kappa shape index (κ1) is 19.9. The predicted molar refractivity (Wildman–Crippen MR) is 107 cm³/mol. The van der Waals surface area contributed by atoms with E-state index in [9.17, 15) is 20.0 Å². The number of nitriles is 1. The molecule has 2 aromatic carbocycles. The summed E-state index contributed by atoms with van der Waals surface area (Å²) in [5.74, 6) is -1.24. The molecule has 29 heavy (non-hydrogen) atoms. The molecule has 0 aliphatic rings. The quantitative estimate of drug-likeness (QED) is 0.513. The van der Waals surface area contributed by atoms with Gasteiger partial charge in [-0.05, 0) is 36.8 Å². The minimum atomic E-state index is -1.37. The fourth-order valence-electron chi connectivity index (χ4n) is 2.61. The minimum Gasteiger partial charge on any atom is -0.545 e. The molecule has 0 saturated carbocycles. The SMILES string of the molecule is Cc1ccccc1NC(=O)/C(C#N)=C/c1ccc(-c2ccc(C(=O)[O-])c(Cl)c2)o1. The predicted octanol–water partition coefficient (Wildman–Crippen LogP) is 3.82.